The van der Waals surface area contributed by atoms with E-state index in [4.69, 9.17) is 17.2 Å². The van der Waals surface area contributed by atoms with Crippen LogP contribution in [0.15, 0.2) is 35.5 Å². The van der Waals surface area contributed by atoms with Gasteiger partial charge in [0.2, 0.25) is 17.7 Å². The molecule has 39 heavy (non-hydrogen) atoms. The Morgan fingerprint density at radius 1 is 1.00 bits per heavy atom. The Balaban J connectivity index is 2.07. The molecule has 0 saturated heterocycles. The summed E-state index contributed by atoms with van der Waals surface area (Å²) >= 11 is 0. The largest absolute Gasteiger partial charge is 0.480 e. The summed E-state index contributed by atoms with van der Waals surface area (Å²) in [4.78, 5) is 57.1. The van der Waals surface area contributed by atoms with Crippen molar-refractivity contribution in [2.75, 3.05) is 13.2 Å². The summed E-state index contributed by atoms with van der Waals surface area (Å²) in [6.45, 7) is 2.66. The number of fused-ring (bicyclic) bond motifs is 1. The number of carboxylic acid groups (broad SMARTS) is 1. The molecule has 14 heteroatoms. The lowest BCUT2D eigenvalue weighted by atomic mass is 10.0. The van der Waals surface area contributed by atoms with E-state index in [-0.39, 0.29) is 31.8 Å². The molecular weight excluding hydrogens is 508 g/mol. The molecule has 14 nitrogen and oxygen atoms in total. The Morgan fingerprint density at radius 3 is 2.26 bits per heavy atom. The zero-order valence-electron chi connectivity index (χ0n) is 22.0. The Morgan fingerprint density at radius 2 is 1.64 bits per heavy atom. The molecule has 0 bridgehead atoms. The summed E-state index contributed by atoms with van der Waals surface area (Å²) in [5.41, 5.74) is 18.4. The van der Waals surface area contributed by atoms with E-state index < -0.39 is 60.4 Å². The standard InChI is InChI=1S/C25H38N8O6/c1-13(2)20(24(38)39)33-22(36)18(8-5-9-29-25(27)28)31-23(37)19(12-34)32-21(35)16(26)10-14-11-30-17-7-4-3-6-15(14)17/h3-4,6-7,11,13,16,18-20,30,34H,5,8-10,12,26H2,1-2H3,(H,31,37)(H,32,35)(H,33,36)(H,38,39)(H4,27,28,29). The number of rotatable bonds is 15. The average molecular weight is 547 g/mol. The van der Waals surface area contributed by atoms with E-state index >= 15 is 0 Å². The highest BCUT2D eigenvalue weighted by Crippen LogP contribution is 2.18. The van der Waals surface area contributed by atoms with Crippen LogP contribution in [0.25, 0.3) is 10.9 Å². The van der Waals surface area contributed by atoms with E-state index in [9.17, 15) is 29.4 Å². The maximum Gasteiger partial charge on any atom is 0.326 e. The molecule has 214 valence electrons. The number of nitrogens with zero attached hydrogens (tertiary/aromatic N) is 1. The van der Waals surface area contributed by atoms with Gasteiger partial charge in [0.25, 0.3) is 0 Å². The number of aliphatic carboxylic acids is 1. The monoisotopic (exact) mass is 546 g/mol. The average Bonchev–Trinajstić information content (AvgIpc) is 3.29. The molecule has 4 unspecified atom stereocenters. The fourth-order valence-corrected chi connectivity index (χ4v) is 3.92. The number of guanidine groups is 1. The first-order chi connectivity index (χ1) is 18.4. The van der Waals surface area contributed by atoms with Crippen LogP contribution in [-0.2, 0) is 25.6 Å². The van der Waals surface area contributed by atoms with Gasteiger partial charge in [-0.1, -0.05) is 32.0 Å². The smallest absolute Gasteiger partial charge is 0.326 e. The third-order valence-electron chi connectivity index (χ3n) is 6.08. The van der Waals surface area contributed by atoms with Crippen LogP contribution in [0.3, 0.4) is 0 Å². The van der Waals surface area contributed by atoms with Crippen molar-refractivity contribution in [2.45, 2.75) is 57.3 Å². The van der Waals surface area contributed by atoms with Crippen LogP contribution >= 0.6 is 0 Å². The van der Waals surface area contributed by atoms with Crippen molar-refractivity contribution < 1.29 is 29.4 Å². The van der Waals surface area contributed by atoms with Crippen molar-refractivity contribution in [1.82, 2.24) is 20.9 Å². The minimum atomic E-state index is -1.40. The number of aromatic amines is 1. The second-order valence-electron chi connectivity index (χ2n) is 9.49. The predicted molar refractivity (Wildman–Crippen MR) is 145 cm³/mol. The van der Waals surface area contributed by atoms with Gasteiger partial charge in [0.05, 0.1) is 12.6 Å². The number of aliphatic hydroxyl groups is 1. The van der Waals surface area contributed by atoms with E-state index in [0.29, 0.717) is 0 Å². The number of carbonyl (C=O) groups is 4. The summed E-state index contributed by atoms with van der Waals surface area (Å²) in [6.07, 6.45) is 2.27. The van der Waals surface area contributed by atoms with Gasteiger partial charge >= 0.3 is 5.97 Å². The van der Waals surface area contributed by atoms with Gasteiger partial charge < -0.3 is 48.3 Å². The number of aromatic nitrogens is 1. The molecule has 0 saturated carbocycles. The van der Waals surface area contributed by atoms with Gasteiger partial charge in [0, 0.05) is 23.6 Å². The molecule has 12 N–H and O–H groups in total. The summed E-state index contributed by atoms with van der Waals surface area (Å²) < 4.78 is 0. The van der Waals surface area contributed by atoms with Crippen molar-refractivity contribution in [3.63, 3.8) is 0 Å². The van der Waals surface area contributed by atoms with Crippen molar-refractivity contribution in [3.05, 3.63) is 36.0 Å². The van der Waals surface area contributed by atoms with Crippen molar-refractivity contribution in [1.29, 1.82) is 0 Å². The third-order valence-corrected chi connectivity index (χ3v) is 6.08. The number of para-hydroxylation sites is 1. The maximum atomic E-state index is 12.9. The fraction of sp³-hybridized carbons (Fsp3) is 0.480. The van der Waals surface area contributed by atoms with Crippen molar-refractivity contribution in [2.24, 2.45) is 28.1 Å². The molecule has 1 aromatic heterocycles. The Hall–Kier alpha value is -4.17. The Bertz CT molecular complexity index is 1180. The van der Waals surface area contributed by atoms with Gasteiger partial charge in [-0.2, -0.15) is 0 Å². The van der Waals surface area contributed by atoms with Crippen LogP contribution in [0, 0.1) is 5.92 Å². The number of carboxylic acids is 1. The molecule has 0 radical (unpaired) electrons. The number of H-pyrrole nitrogens is 1. The molecular formula is C25H38N8O6. The topological polar surface area (TPSA) is 251 Å². The van der Waals surface area contributed by atoms with Crippen LogP contribution in [0.2, 0.25) is 0 Å². The number of nitrogens with one attached hydrogen (secondary N) is 4. The third kappa shape index (κ3) is 9.26. The Kier molecular flexibility index (Phi) is 11.7. The van der Waals surface area contributed by atoms with Crippen LogP contribution in [0.4, 0.5) is 0 Å². The van der Waals surface area contributed by atoms with Crippen LogP contribution < -0.4 is 33.2 Å². The summed E-state index contributed by atoms with van der Waals surface area (Å²) in [5, 5.41) is 27.4. The Labute approximate surface area is 225 Å². The number of amides is 3. The van der Waals surface area contributed by atoms with Gasteiger partial charge in [0.15, 0.2) is 5.96 Å². The van der Waals surface area contributed by atoms with E-state index in [2.05, 4.69) is 25.9 Å². The van der Waals surface area contributed by atoms with Crippen LogP contribution in [-0.4, -0.2) is 82.2 Å². The van der Waals surface area contributed by atoms with Gasteiger partial charge in [-0.05, 0) is 36.8 Å². The lowest BCUT2D eigenvalue weighted by Gasteiger charge is -2.25. The number of hydrogen-bond acceptors (Lipinski definition) is 7. The van der Waals surface area contributed by atoms with E-state index in [1.807, 2.05) is 24.3 Å². The molecule has 0 aliphatic rings. The first-order valence-corrected chi connectivity index (χ1v) is 12.5. The molecule has 0 spiro atoms. The fourth-order valence-electron chi connectivity index (χ4n) is 3.92. The summed E-state index contributed by atoms with van der Waals surface area (Å²) in [6, 6.07) is 2.72. The molecule has 4 atom stereocenters. The van der Waals surface area contributed by atoms with E-state index in [0.717, 1.165) is 16.5 Å². The van der Waals surface area contributed by atoms with Gasteiger partial charge in [-0.3, -0.25) is 19.4 Å². The number of benzene rings is 1. The van der Waals surface area contributed by atoms with Crippen molar-refractivity contribution in [3.8, 4) is 0 Å². The SMILES string of the molecule is CC(C)C(NC(=O)C(CCCN=C(N)N)NC(=O)C(CO)NC(=O)C(N)Cc1c[nH]c2ccccc12)C(=O)O. The minimum absolute atomic E-state index is 0.0605. The number of hydrogen-bond donors (Lipinski definition) is 9. The number of aliphatic hydroxyl groups excluding tert-OH is 1. The molecule has 1 heterocycles. The molecule has 2 aromatic rings. The second-order valence-corrected chi connectivity index (χ2v) is 9.49. The number of aliphatic imine (C=N–C) groups is 1. The highest BCUT2D eigenvalue weighted by atomic mass is 16.4. The second kappa shape index (κ2) is 14.7. The first kappa shape index (κ1) is 31.1. The highest BCUT2D eigenvalue weighted by Gasteiger charge is 2.31. The van der Waals surface area contributed by atoms with Gasteiger partial charge in [-0.15, -0.1) is 0 Å². The molecule has 0 aliphatic carbocycles. The zero-order chi connectivity index (χ0) is 29.1. The lowest BCUT2D eigenvalue weighted by molar-refractivity contribution is -0.143. The minimum Gasteiger partial charge on any atom is -0.480 e. The molecule has 2 rings (SSSR count). The molecule has 0 fully saturated rings. The van der Waals surface area contributed by atoms with Gasteiger partial charge in [0.1, 0.15) is 18.1 Å². The number of carbonyl (C=O) groups excluding carboxylic acids is 3. The van der Waals surface area contributed by atoms with Gasteiger partial charge in [-0.25, -0.2) is 4.79 Å². The number of nitrogens with two attached hydrogens (primary N) is 3. The highest BCUT2D eigenvalue weighted by molar-refractivity contribution is 5.94. The summed E-state index contributed by atoms with van der Waals surface area (Å²) in [5.74, 6) is -4.05. The molecule has 1 aromatic carbocycles. The normalized spacial score (nSPS) is 14.2. The summed E-state index contributed by atoms with van der Waals surface area (Å²) in [7, 11) is 0. The first-order valence-electron chi connectivity index (χ1n) is 12.5. The lowest BCUT2D eigenvalue weighted by Crippen LogP contribution is -2.58. The zero-order valence-corrected chi connectivity index (χ0v) is 22.0. The quantitative estimate of drug-likeness (QED) is 0.0698. The maximum absolute atomic E-state index is 12.9. The van der Waals surface area contributed by atoms with Crippen LogP contribution in [0.5, 0.6) is 0 Å². The van der Waals surface area contributed by atoms with E-state index in [1.54, 1.807) is 20.0 Å². The molecule has 0 aliphatic heterocycles. The molecule has 3 amide bonds. The van der Waals surface area contributed by atoms with E-state index in [1.165, 1.54) is 0 Å². The van der Waals surface area contributed by atoms with Crippen molar-refractivity contribution >= 4 is 40.6 Å². The predicted octanol–water partition coefficient (Wildman–Crippen LogP) is -1.72. The van der Waals surface area contributed by atoms with Crippen LogP contribution in [0.1, 0.15) is 32.3 Å².